The van der Waals surface area contributed by atoms with Crippen LogP contribution in [0.2, 0.25) is 0 Å². The number of rotatable bonds is 0. The first-order chi connectivity index (χ1) is 8.90. The predicted octanol–water partition coefficient (Wildman–Crippen LogP) is 4.31. The van der Waals surface area contributed by atoms with Gasteiger partial charge in [-0.25, -0.2) is 9.97 Å². The summed E-state index contributed by atoms with van der Waals surface area (Å²) in [5.41, 5.74) is 4.68. The van der Waals surface area contributed by atoms with Gasteiger partial charge < -0.3 is 0 Å². The largest absolute Gasteiger partial charge is 0.249 e. The Balaban J connectivity index is 2.13. The van der Waals surface area contributed by atoms with Crippen LogP contribution in [0.5, 0.6) is 0 Å². The highest BCUT2D eigenvalue weighted by Gasteiger charge is 2.69. The van der Waals surface area contributed by atoms with Gasteiger partial charge in [-0.15, -0.1) is 0 Å². The van der Waals surface area contributed by atoms with Gasteiger partial charge in [0.25, 0.3) is 0 Å². The topological polar surface area (TPSA) is 25.8 Å². The molecule has 1 aromatic carbocycles. The van der Waals surface area contributed by atoms with Gasteiger partial charge in [-0.1, -0.05) is 48.8 Å². The average Bonchev–Trinajstić information content (AvgIpc) is 2.65. The first-order valence-corrected chi connectivity index (χ1v) is 7.66. The molecule has 2 bridgehead atoms. The van der Waals surface area contributed by atoms with E-state index < -0.39 is 0 Å². The molecule has 2 aliphatic rings. The zero-order valence-corrected chi connectivity index (χ0v) is 13.1. The van der Waals surface area contributed by atoms with Crippen LogP contribution in [0.4, 0.5) is 0 Å². The Morgan fingerprint density at radius 3 is 2.16 bits per heavy atom. The lowest BCUT2D eigenvalue weighted by Gasteiger charge is -2.37. The molecule has 0 N–H and O–H groups in total. The molecular formula is C16H17BrN2. The SMILES string of the molecule is CC1(C)[C@]2(C)CC[C@]1(Br)c1nc3ccccc3nc12. The molecule has 0 unspecified atom stereocenters. The van der Waals surface area contributed by atoms with E-state index in [9.17, 15) is 0 Å². The summed E-state index contributed by atoms with van der Waals surface area (Å²) in [6.07, 6.45) is 2.34. The highest BCUT2D eigenvalue weighted by molar-refractivity contribution is 9.09. The summed E-state index contributed by atoms with van der Waals surface area (Å²) in [4.78, 5) is 9.90. The second-order valence-electron chi connectivity index (χ2n) is 6.67. The van der Waals surface area contributed by atoms with Crippen molar-refractivity contribution in [1.29, 1.82) is 0 Å². The standard InChI is InChI=1S/C16H17BrN2/c1-14(2)15(3)8-9-16(14,17)13-12(15)18-10-6-4-5-7-11(10)19-13/h4-7H,8-9H2,1-3H3/t15-,16+/m1/s1. The van der Waals surface area contributed by atoms with Gasteiger partial charge in [0.1, 0.15) is 0 Å². The fourth-order valence-corrected chi connectivity index (χ4v) is 4.89. The summed E-state index contributed by atoms with van der Waals surface area (Å²) in [6.45, 7) is 7.05. The lowest BCUT2D eigenvalue weighted by molar-refractivity contribution is 0.215. The van der Waals surface area contributed by atoms with Crippen molar-refractivity contribution < 1.29 is 0 Å². The number of hydrogen-bond donors (Lipinski definition) is 0. The van der Waals surface area contributed by atoms with E-state index in [1.165, 1.54) is 17.8 Å². The van der Waals surface area contributed by atoms with Crippen LogP contribution in [0.3, 0.4) is 0 Å². The normalized spacial score (nSPS) is 34.7. The van der Waals surface area contributed by atoms with Crippen LogP contribution >= 0.6 is 15.9 Å². The zero-order valence-electron chi connectivity index (χ0n) is 11.5. The number of nitrogens with zero attached hydrogens (tertiary/aromatic N) is 2. The minimum Gasteiger partial charge on any atom is -0.249 e. The Hall–Kier alpha value is -0.960. The highest BCUT2D eigenvalue weighted by Crippen LogP contribution is 2.72. The minimum atomic E-state index is -0.0128. The molecule has 3 heteroatoms. The van der Waals surface area contributed by atoms with Crippen LogP contribution in [0.15, 0.2) is 24.3 Å². The Labute approximate surface area is 121 Å². The molecule has 0 aliphatic heterocycles. The van der Waals surface area contributed by atoms with Crippen LogP contribution in [0.25, 0.3) is 11.0 Å². The maximum absolute atomic E-state index is 4.96. The van der Waals surface area contributed by atoms with Gasteiger partial charge in [-0.2, -0.15) is 0 Å². The second-order valence-corrected chi connectivity index (χ2v) is 8.02. The van der Waals surface area contributed by atoms with E-state index in [-0.39, 0.29) is 15.2 Å². The number of fused-ring (bicyclic) bond motifs is 6. The maximum atomic E-state index is 4.96. The van der Waals surface area contributed by atoms with Crippen molar-refractivity contribution in [2.24, 2.45) is 5.41 Å². The average molecular weight is 317 g/mol. The third-order valence-electron chi connectivity index (χ3n) is 5.81. The van der Waals surface area contributed by atoms with Gasteiger partial charge in [-0.05, 0) is 30.4 Å². The molecule has 1 saturated carbocycles. The fourth-order valence-electron chi connectivity index (χ4n) is 3.97. The molecule has 19 heavy (non-hydrogen) atoms. The van der Waals surface area contributed by atoms with Gasteiger partial charge in [0, 0.05) is 5.41 Å². The lowest BCUT2D eigenvalue weighted by atomic mass is 9.70. The molecule has 4 rings (SSSR count). The molecule has 1 aromatic heterocycles. The number of alkyl halides is 1. The van der Waals surface area contributed by atoms with Gasteiger partial charge in [0.15, 0.2) is 0 Å². The van der Waals surface area contributed by atoms with Crippen LogP contribution < -0.4 is 0 Å². The van der Waals surface area contributed by atoms with Crippen LogP contribution in [-0.2, 0) is 9.74 Å². The van der Waals surface area contributed by atoms with E-state index in [4.69, 9.17) is 9.97 Å². The first kappa shape index (κ1) is 11.8. The van der Waals surface area contributed by atoms with Gasteiger partial charge in [-0.3, -0.25) is 0 Å². The lowest BCUT2D eigenvalue weighted by Crippen LogP contribution is -2.36. The van der Waals surface area contributed by atoms with E-state index >= 15 is 0 Å². The van der Waals surface area contributed by atoms with Crippen molar-refractivity contribution in [3.63, 3.8) is 0 Å². The van der Waals surface area contributed by atoms with E-state index in [2.05, 4.69) is 48.8 Å². The predicted molar refractivity (Wildman–Crippen MR) is 80.5 cm³/mol. The Bertz CT molecular complexity index is 650. The van der Waals surface area contributed by atoms with Crippen LogP contribution in [0.1, 0.15) is 45.0 Å². The number of aromatic nitrogens is 2. The molecule has 0 amide bonds. The molecule has 0 saturated heterocycles. The third kappa shape index (κ3) is 1.11. The first-order valence-electron chi connectivity index (χ1n) is 6.87. The van der Waals surface area contributed by atoms with Crippen molar-refractivity contribution in [2.45, 2.75) is 43.4 Å². The molecule has 0 radical (unpaired) electrons. The van der Waals surface area contributed by atoms with Gasteiger partial charge >= 0.3 is 0 Å². The molecule has 1 heterocycles. The molecule has 2 atom stereocenters. The Morgan fingerprint density at radius 2 is 1.53 bits per heavy atom. The van der Waals surface area contributed by atoms with Crippen LogP contribution in [-0.4, -0.2) is 9.97 Å². The molecule has 2 nitrogen and oxygen atoms in total. The number of hydrogen-bond acceptors (Lipinski definition) is 2. The summed E-state index contributed by atoms with van der Waals surface area (Å²) < 4.78 is -0.0128. The van der Waals surface area contributed by atoms with Crippen molar-refractivity contribution >= 4 is 27.0 Å². The highest BCUT2D eigenvalue weighted by atomic mass is 79.9. The summed E-state index contributed by atoms with van der Waals surface area (Å²) in [5.74, 6) is 0. The van der Waals surface area contributed by atoms with Gasteiger partial charge in [0.05, 0.1) is 26.7 Å². The van der Waals surface area contributed by atoms with Crippen molar-refractivity contribution in [3.05, 3.63) is 35.7 Å². The molecule has 2 aliphatic carbocycles. The van der Waals surface area contributed by atoms with E-state index in [1.54, 1.807) is 0 Å². The summed E-state index contributed by atoms with van der Waals surface area (Å²) >= 11 is 4.03. The summed E-state index contributed by atoms with van der Waals surface area (Å²) in [6, 6.07) is 8.19. The number of halogens is 1. The molecule has 1 fully saturated rings. The summed E-state index contributed by atoms with van der Waals surface area (Å²) in [5, 5.41) is 0. The van der Waals surface area contributed by atoms with Gasteiger partial charge in [0.2, 0.25) is 0 Å². The van der Waals surface area contributed by atoms with Crippen molar-refractivity contribution in [1.82, 2.24) is 9.97 Å². The third-order valence-corrected chi connectivity index (χ3v) is 7.57. The minimum absolute atomic E-state index is 0.0128. The summed E-state index contributed by atoms with van der Waals surface area (Å²) in [7, 11) is 0. The van der Waals surface area contributed by atoms with E-state index in [0.29, 0.717) is 0 Å². The smallest absolute Gasteiger partial charge is 0.0891 e. The Kier molecular flexibility index (Phi) is 1.99. The molecule has 2 aromatic rings. The van der Waals surface area contributed by atoms with E-state index in [1.807, 2.05) is 12.1 Å². The molecule has 0 spiro atoms. The van der Waals surface area contributed by atoms with Crippen molar-refractivity contribution in [3.8, 4) is 0 Å². The Morgan fingerprint density at radius 1 is 0.947 bits per heavy atom. The number of para-hydroxylation sites is 2. The fraction of sp³-hybridized carbons (Fsp3) is 0.500. The maximum Gasteiger partial charge on any atom is 0.0891 e. The monoisotopic (exact) mass is 316 g/mol. The number of benzene rings is 1. The van der Waals surface area contributed by atoms with Crippen molar-refractivity contribution in [2.75, 3.05) is 0 Å². The molecule has 98 valence electrons. The molecular weight excluding hydrogens is 300 g/mol. The van der Waals surface area contributed by atoms with Crippen LogP contribution in [0, 0.1) is 5.41 Å². The zero-order chi connectivity index (χ0) is 13.5. The second kappa shape index (κ2) is 3.20. The van der Waals surface area contributed by atoms with E-state index in [0.717, 1.165) is 17.5 Å². The quantitative estimate of drug-likeness (QED) is 0.677.